The average molecular weight is 284 g/mol. The summed E-state index contributed by atoms with van der Waals surface area (Å²) in [7, 11) is 0. The number of carbonyl (C=O) groups excluding carboxylic acids is 1. The predicted octanol–water partition coefficient (Wildman–Crippen LogP) is 2.96. The summed E-state index contributed by atoms with van der Waals surface area (Å²) in [5.41, 5.74) is 1.13. The van der Waals surface area contributed by atoms with Crippen LogP contribution in [0.5, 0.6) is 0 Å². The van der Waals surface area contributed by atoms with E-state index in [1.807, 2.05) is 37.3 Å². The Morgan fingerprint density at radius 3 is 2.75 bits per heavy atom. The average Bonchev–Trinajstić information content (AvgIpc) is 2.71. The summed E-state index contributed by atoms with van der Waals surface area (Å²) in [6, 6.07) is 10.1. The minimum absolute atomic E-state index is 0.0290. The summed E-state index contributed by atoms with van der Waals surface area (Å²) >= 11 is 3.33. The molecule has 1 aliphatic heterocycles. The monoisotopic (exact) mass is 283 g/mol. The standard InChI is InChI=1S/C12H14BrNO2/c1-9(10-5-3-2-4-6-10)14-8-11(7-13)16-12(14)15/h2-6,9,11H,7-8H2,1H3/t9-,11+/m0/s1. The number of alkyl halides is 1. The number of nitrogens with zero attached hydrogens (tertiary/aromatic N) is 1. The highest BCUT2D eigenvalue weighted by atomic mass is 79.9. The van der Waals surface area contributed by atoms with Gasteiger partial charge in [-0.2, -0.15) is 0 Å². The fraction of sp³-hybridized carbons (Fsp3) is 0.417. The van der Waals surface area contributed by atoms with Gasteiger partial charge in [0, 0.05) is 5.33 Å². The third kappa shape index (κ3) is 2.21. The van der Waals surface area contributed by atoms with Crippen molar-refractivity contribution >= 4 is 22.0 Å². The van der Waals surface area contributed by atoms with Gasteiger partial charge in [-0.25, -0.2) is 4.79 Å². The van der Waals surface area contributed by atoms with Crippen molar-refractivity contribution in [3.05, 3.63) is 35.9 Å². The fourth-order valence-corrected chi connectivity index (χ4v) is 2.19. The second-order valence-electron chi connectivity index (χ2n) is 3.90. The van der Waals surface area contributed by atoms with E-state index in [-0.39, 0.29) is 18.2 Å². The van der Waals surface area contributed by atoms with Crippen molar-refractivity contribution in [1.29, 1.82) is 0 Å². The van der Waals surface area contributed by atoms with Crippen molar-refractivity contribution in [2.45, 2.75) is 19.1 Å². The van der Waals surface area contributed by atoms with Crippen LogP contribution in [0.2, 0.25) is 0 Å². The second-order valence-corrected chi connectivity index (χ2v) is 4.55. The Balaban J connectivity index is 2.11. The topological polar surface area (TPSA) is 29.5 Å². The van der Waals surface area contributed by atoms with Crippen LogP contribution in [0.15, 0.2) is 30.3 Å². The van der Waals surface area contributed by atoms with Crippen molar-refractivity contribution in [2.75, 3.05) is 11.9 Å². The largest absolute Gasteiger partial charge is 0.443 e. The summed E-state index contributed by atoms with van der Waals surface area (Å²) in [5.74, 6) is 0. The maximum Gasteiger partial charge on any atom is 0.410 e. The molecule has 1 fully saturated rings. The first kappa shape index (κ1) is 11.5. The van der Waals surface area contributed by atoms with Gasteiger partial charge in [-0.3, -0.25) is 4.90 Å². The van der Waals surface area contributed by atoms with Crippen LogP contribution in [0.25, 0.3) is 0 Å². The molecular formula is C12H14BrNO2. The molecule has 1 saturated heterocycles. The van der Waals surface area contributed by atoms with E-state index in [4.69, 9.17) is 4.74 Å². The Kier molecular flexibility index (Phi) is 3.49. The summed E-state index contributed by atoms with van der Waals surface area (Å²) in [6.45, 7) is 2.67. The number of benzene rings is 1. The number of carbonyl (C=O) groups is 1. The summed E-state index contributed by atoms with van der Waals surface area (Å²) in [6.07, 6.45) is -0.250. The molecule has 3 nitrogen and oxygen atoms in total. The third-order valence-corrected chi connectivity index (χ3v) is 3.55. The number of amides is 1. The molecule has 86 valence electrons. The van der Waals surface area contributed by atoms with E-state index in [1.165, 1.54) is 0 Å². The molecule has 0 N–H and O–H groups in total. The van der Waals surface area contributed by atoms with Crippen LogP contribution in [-0.4, -0.2) is 29.0 Å². The number of rotatable bonds is 3. The first-order valence-corrected chi connectivity index (χ1v) is 6.42. The van der Waals surface area contributed by atoms with Gasteiger partial charge in [0.15, 0.2) is 0 Å². The molecule has 16 heavy (non-hydrogen) atoms. The molecule has 1 aliphatic rings. The van der Waals surface area contributed by atoms with Gasteiger partial charge in [0.1, 0.15) is 6.10 Å². The number of halogens is 1. The lowest BCUT2D eigenvalue weighted by molar-refractivity contribution is 0.135. The molecule has 1 heterocycles. The highest BCUT2D eigenvalue weighted by Crippen LogP contribution is 2.25. The van der Waals surface area contributed by atoms with Crippen molar-refractivity contribution in [1.82, 2.24) is 4.90 Å². The lowest BCUT2D eigenvalue weighted by atomic mass is 10.1. The van der Waals surface area contributed by atoms with E-state index in [1.54, 1.807) is 4.90 Å². The van der Waals surface area contributed by atoms with Crippen LogP contribution < -0.4 is 0 Å². The molecule has 2 atom stereocenters. The van der Waals surface area contributed by atoms with Gasteiger partial charge in [-0.1, -0.05) is 46.3 Å². The van der Waals surface area contributed by atoms with Crippen molar-refractivity contribution in [2.24, 2.45) is 0 Å². The van der Waals surface area contributed by atoms with E-state index in [0.717, 1.165) is 5.56 Å². The first-order valence-electron chi connectivity index (χ1n) is 5.30. The molecule has 2 rings (SSSR count). The van der Waals surface area contributed by atoms with E-state index in [2.05, 4.69) is 15.9 Å². The van der Waals surface area contributed by atoms with E-state index >= 15 is 0 Å². The van der Waals surface area contributed by atoms with Gasteiger partial charge in [0.05, 0.1) is 12.6 Å². The van der Waals surface area contributed by atoms with E-state index < -0.39 is 0 Å². The molecule has 1 amide bonds. The van der Waals surface area contributed by atoms with Crippen LogP contribution >= 0.6 is 15.9 Å². The van der Waals surface area contributed by atoms with Crippen LogP contribution in [0.4, 0.5) is 4.79 Å². The Morgan fingerprint density at radius 2 is 2.19 bits per heavy atom. The van der Waals surface area contributed by atoms with Gasteiger partial charge in [-0.05, 0) is 12.5 Å². The Labute approximate surface area is 104 Å². The Bertz CT molecular complexity index is 369. The molecular weight excluding hydrogens is 270 g/mol. The molecule has 4 heteroatoms. The van der Waals surface area contributed by atoms with Gasteiger partial charge in [-0.15, -0.1) is 0 Å². The zero-order valence-electron chi connectivity index (χ0n) is 9.10. The maximum atomic E-state index is 11.6. The second kappa shape index (κ2) is 4.87. The zero-order valence-corrected chi connectivity index (χ0v) is 10.7. The van der Waals surface area contributed by atoms with Gasteiger partial charge in [0.2, 0.25) is 0 Å². The number of ether oxygens (including phenoxy) is 1. The van der Waals surface area contributed by atoms with Crippen LogP contribution in [0, 0.1) is 0 Å². The lowest BCUT2D eigenvalue weighted by Crippen LogP contribution is -2.28. The minimum Gasteiger partial charge on any atom is -0.443 e. The van der Waals surface area contributed by atoms with Crippen LogP contribution in [-0.2, 0) is 4.74 Å². The zero-order chi connectivity index (χ0) is 11.5. The van der Waals surface area contributed by atoms with Gasteiger partial charge >= 0.3 is 6.09 Å². The Morgan fingerprint density at radius 1 is 1.50 bits per heavy atom. The highest BCUT2D eigenvalue weighted by Gasteiger charge is 2.34. The lowest BCUT2D eigenvalue weighted by Gasteiger charge is -2.22. The normalized spacial score (nSPS) is 22.0. The van der Waals surface area contributed by atoms with Crippen molar-refractivity contribution in [3.8, 4) is 0 Å². The van der Waals surface area contributed by atoms with Crippen LogP contribution in [0.3, 0.4) is 0 Å². The Hall–Kier alpha value is -1.03. The molecule has 0 bridgehead atoms. The molecule has 0 radical (unpaired) electrons. The molecule has 0 unspecified atom stereocenters. The maximum absolute atomic E-state index is 11.6. The molecule has 0 spiro atoms. The molecule has 0 saturated carbocycles. The number of cyclic esters (lactones) is 1. The SMILES string of the molecule is C[C@@H](c1ccccc1)N1C[C@@H](CBr)OC1=O. The summed E-state index contributed by atoms with van der Waals surface area (Å²) < 4.78 is 5.21. The quantitative estimate of drug-likeness (QED) is 0.799. The van der Waals surface area contributed by atoms with E-state index in [0.29, 0.717) is 11.9 Å². The van der Waals surface area contributed by atoms with E-state index in [9.17, 15) is 4.79 Å². The number of hydrogen-bond acceptors (Lipinski definition) is 2. The van der Waals surface area contributed by atoms with Crippen molar-refractivity contribution < 1.29 is 9.53 Å². The minimum atomic E-state index is -0.221. The molecule has 1 aromatic rings. The molecule has 0 aliphatic carbocycles. The highest BCUT2D eigenvalue weighted by molar-refractivity contribution is 9.09. The number of hydrogen-bond donors (Lipinski definition) is 0. The third-order valence-electron chi connectivity index (χ3n) is 2.82. The smallest absolute Gasteiger partial charge is 0.410 e. The fourth-order valence-electron chi connectivity index (χ4n) is 1.85. The van der Waals surface area contributed by atoms with Crippen molar-refractivity contribution in [3.63, 3.8) is 0 Å². The predicted molar refractivity (Wildman–Crippen MR) is 65.6 cm³/mol. The summed E-state index contributed by atoms with van der Waals surface area (Å²) in [5, 5.41) is 0.691. The summed E-state index contributed by atoms with van der Waals surface area (Å²) in [4.78, 5) is 13.4. The van der Waals surface area contributed by atoms with Crippen LogP contribution in [0.1, 0.15) is 18.5 Å². The molecule has 1 aromatic carbocycles. The van der Waals surface area contributed by atoms with Gasteiger partial charge < -0.3 is 4.74 Å². The molecule has 0 aromatic heterocycles. The van der Waals surface area contributed by atoms with Gasteiger partial charge in [0.25, 0.3) is 0 Å². The first-order chi connectivity index (χ1) is 7.72.